The molecular formula is C19H16ClN3O. The van der Waals surface area contributed by atoms with Gasteiger partial charge in [-0.1, -0.05) is 41.9 Å². The summed E-state index contributed by atoms with van der Waals surface area (Å²) in [6.45, 7) is 1.57. The number of benzene rings is 2. The summed E-state index contributed by atoms with van der Waals surface area (Å²) in [4.78, 5) is 23.6. The first-order valence-corrected chi connectivity index (χ1v) is 8.42. The lowest BCUT2D eigenvalue weighted by atomic mass is 10.1. The van der Waals surface area contributed by atoms with Crippen molar-refractivity contribution in [2.24, 2.45) is 0 Å². The van der Waals surface area contributed by atoms with Crippen LogP contribution in [-0.2, 0) is 0 Å². The fourth-order valence-corrected chi connectivity index (χ4v) is 3.19. The smallest absolute Gasteiger partial charge is 0.291 e. The summed E-state index contributed by atoms with van der Waals surface area (Å²) in [7, 11) is 0. The highest BCUT2D eigenvalue weighted by Crippen LogP contribution is 2.27. The van der Waals surface area contributed by atoms with Crippen LogP contribution in [0, 0.1) is 0 Å². The quantitative estimate of drug-likeness (QED) is 0.704. The average molecular weight is 338 g/mol. The van der Waals surface area contributed by atoms with Crippen molar-refractivity contribution in [1.82, 2.24) is 14.9 Å². The van der Waals surface area contributed by atoms with Gasteiger partial charge in [0.25, 0.3) is 5.91 Å². The van der Waals surface area contributed by atoms with Crippen LogP contribution in [-0.4, -0.2) is 33.9 Å². The van der Waals surface area contributed by atoms with Gasteiger partial charge in [0.15, 0.2) is 0 Å². The van der Waals surface area contributed by atoms with Gasteiger partial charge in [0.2, 0.25) is 5.82 Å². The van der Waals surface area contributed by atoms with Gasteiger partial charge in [0, 0.05) is 29.1 Å². The second-order valence-corrected chi connectivity index (χ2v) is 6.36. The van der Waals surface area contributed by atoms with Gasteiger partial charge in [-0.3, -0.25) is 4.79 Å². The lowest BCUT2D eigenvalue weighted by Gasteiger charge is -2.15. The number of hydrogen-bond acceptors (Lipinski definition) is 3. The highest BCUT2D eigenvalue weighted by molar-refractivity contribution is 6.30. The maximum Gasteiger partial charge on any atom is 0.291 e. The Morgan fingerprint density at radius 1 is 0.958 bits per heavy atom. The predicted octanol–water partition coefficient (Wildman–Crippen LogP) is 4.19. The molecule has 0 radical (unpaired) electrons. The molecule has 1 saturated heterocycles. The molecule has 24 heavy (non-hydrogen) atoms. The number of aromatic nitrogens is 2. The maximum absolute atomic E-state index is 12.7. The zero-order chi connectivity index (χ0) is 16.5. The van der Waals surface area contributed by atoms with Gasteiger partial charge >= 0.3 is 0 Å². The average Bonchev–Trinajstić information content (AvgIpc) is 3.15. The number of carbonyl (C=O) groups excluding carboxylic acids is 1. The second-order valence-electron chi connectivity index (χ2n) is 5.92. The molecule has 1 amide bonds. The molecule has 120 valence electrons. The van der Waals surface area contributed by atoms with E-state index in [2.05, 4.69) is 9.97 Å². The van der Waals surface area contributed by atoms with Crippen molar-refractivity contribution in [2.45, 2.75) is 12.8 Å². The maximum atomic E-state index is 12.7. The molecule has 1 fully saturated rings. The van der Waals surface area contributed by atoms with E-state index in [-0.39, 0.29) is 11.7 Å². The van der Waals surface area contributed by atoms with Crippen LogP contribution in [0.1, 0.15) is 23.5 Å². The molecule has 3 aromatic rings. The number of rotatable bonds is 2. The first-order chi connectivity index (χ1) is 11.7. The van der Waals surface area contributed by atoms with Crippen molar-refractivity contribution in [3.05, 3.63) is 59.4 Å². The predicted molar refractivity (Wildman–Crippen MR) is 95.1 cm³/mol. The van der Waals surface area contributed by atoms with Crippen LogP contribution in [0.4, 0.5) is 0 Å². The Bertz CT molecular complexity index is 902. The molecule has 0 N–H and O–H groups in total. The van der Waals surface area contributed by atoms with Crippen LogP contribution in [0.15, 0.2) is 48.5 Å². The van der Waals surface area contributed by atoms with Gasteiger partial charge in [-0.2, -0.15) is 0 Å². The van der Waals surface area contributed by atoms with Crippen molar-refractivity contribution < 1.29 is 4.79 Å². The van der Waals surface area contributed by atoms with Crippen LogP contribution in [0.25, 0.3) is 22.2 Å². The minimum absolute atomic E-state index is 0.0894. The van der Waals surface area contributed by atoms with Crippen molar-refractivity contribution in [3.8, 4) is 11.3 Å². The molecule has 0 saturated carbocycles. The van der Waals surface area contributed by atoms with Crippen molar-refractivity contribution >= 4 is 28.4 Å². The SMILES string of the molecule is O=C(c1nc(-c2ccc(Cl)cc2)c2ccccc2n1)N1CCCC1. The van der Waals surface area contributed by atoms with E-state index < -0.39 is 0 Å². The zero-order valence-electron chi connectivity index (χ0n) is 13.1. The number of hydrogen-bond donors (Lipinski definition) is 0. The van der Waals surface area contributed by atoms with Crippen LogP contribution in [0.2, 0.25) is 5.02 Å². The first kappa shape index (κ1) is 15.1. The molecule has 4 nitrogen and oxygen atoms in total. The lowest BCUT2D eigenvalue weighted by Crippen LogP contribution is -2.29. The van der Waals surface area contributed by atoms with E-state index in [1.54, 1.807) is 0 Å². The molecule has 2 heterocycles. The van der Waals surface area contributed by atoms with Crippen LogP contribution in [0.3, 0.4) is 0 Å². The van der Waals surface area contributed by atoms with Gasteiger partial charge in [-0.05, 0) is 31.0 Å². The number of nitrogens with zero attached hydrogens (tertiary/aromatic N) is 3. The molecule has 5 heteroatoms. The summed E-state index contributed by atoms with van der Waals surface area (Å²) in [6.07, 6.45) is 2.09. The highest BCUT2D eigenvalue weighted by Gasteiger charge is 2.23. The van der Waals surface area contributed by atoms with Crippen molar-refractivity contribution in [3.63, 3.8) is 0 Å². The van der Waals surface area contributed by atoms with E-state index in [1.807, 2.05) is 53.4 Å². The van der Waals surface area contributed by atoms with Crippen LogP contribution < -0.4 is 0 Å². The minimum atomic E-state index is -0.0894. The van der Waals surface area contributed by atoms with Gasteiger partial charge in [0.1, 0.15) is 0 Å². The first-order valence-electron chi connectivity index (χ1n) is 8.04. The summed E-state index contributed by atoms with van der Waals surface area (Å²) in [5.41, 5.74) is 2.47. The molecule has 1 aliphatic heterocycles. The topological polar surface area (TPSA) is 46.1 Å². The van der Waals surface area contributed by atoms with Gasteiger partial charge in [0.05, 0.1) is 11.2 Å². The molecule has 1 aromatic heterocycles. The van der Waals surface area contributed by atoms with E-state index in [4.69, 9.17) is 11.6 Å². The van der Waals surface area contributed by atoms with E-state index in [9.17, 15) is 4.79 Å². The number of likely N-dealkylation sites (tertiary alicyclic amines) is 1. The molecule has 0 unspecified atom stereocenters. The molecule has 2 aromatic carbocycles. The number of para-hydroxylation sites is 1. The zero-order valence-corrected chi connectivity index (χ0v) is 13.8. The van der Waals surface area contributed by atoms with E-state index in [0.29, 0.717) is 5.02 Å². The molecule has 0 atom stereocenters. The van der Waals surface area contributed by atoms with Gasteiger partial charge in [-0.15, -0.1) is 0 Å². The van der Waals surface area contributed by atoms with E-state index >= 15 is 0 Å². The Morgan fingerprint density at radius 2 is 1.67 bits per heavy atom. The van der Waals surface area contributed by atoms with E-state index in [0.717, 1.165) is 48.1 Å². The normalized spacial score (nSPS) is 14.3. The number of halogens is 1. The Balaban J connectivity index is 1.87. The van der Waals surface area contributed by atoms with Gasteiger partial charge in [-0.25, -0.2) is 9.97 Å². The summed E-state index contributed by atoms with van der Waals surface area (Å²) in [5.74, 6) is 0.175. The van der Waals surface area contributed by atoms with Crippen LogP contribution >= 0.6 is 11.6 Å². The van der Waals surface area contributed by atoms with Crippen molar-refractivity contribution in [2.75, 3.05) is 13.1 Å². The third kappa shape index (κ3) is 2.74. The minimum Gasteiger partial charge on any atom is -0.336 e. The largest absolute Gasteiger partial charge is 0.336 e. The molecule has 0 aliphatic carbocycles. The summed E-state index contributed by atoms with van der Waals surface area (Å²) < 4.78 is 0. The Labute approximate surface area is 145 Å². The third-order valence-corrected chi connectivity index (χ3v) is 4.56. The molecule has 0 spiro atoms. The summed E-state index contributed by atoms with van der Waals surface area (Å²) in [5, 5.41) is 1.60. The fourth-order valence-electron chi connectivity index (χ4n) is 3.06. The molecular weight excluding hydrogens is 322 g/mol. The Hall–Kier alpha value is -2.46. The number of carbonyl (C=O) groups is 1. The second kappa shape index (κ2) is 6.21. The highest BCUT2D eigenvalue weighted by atomic mass is 35.5. The van der Waals surface area contributed by atoms with Crippen LogP contribution in [0.5, 0.6) is 0 Å². The number of amides is 1. The summed E-state index contributed by atoms with van der Waals surface area (Å²) >= 11 is 5.99. The Kier molecular flexibility index (Phi) is 3.90. The molecule has 4 rings (SSSR count). The fraction of sp³-hybridized carbons (Fsp3) is 0.211. The number of fused-ring (bicyclic) bond motifs is 1. The molecule has 1 aliphatic rings. The third-order valence-electron chi connectivity index (χ3n) is 4.31. The summed E-state index contributed by atoms with van der Waals surface area (Å²) in [6, 6.07) is 15.3. The monoisotopic (exact) mass is 337 g/mol. The Morgan fingerprint density at radius 3 is 2.42 bits per heavy atom. The van der Waals surface area contributed by atoms with Crippen molar-refractivity contribution in [1.29, 1.82) is 0 Å². The van der Waals surface area contributed by atoms with Gasteiger partial charge < -0.3 is 4.90 Å². The molecule has 0 bridgehead atoms. The standard InChI is InChI=1S/C19H16ClN3O/c20-14-9-7-13(8-10-14)17-15-5-1-2-6-16(15)21-18(22-17)19(24)23-11-3-4-12-23/h1-2,5-10H,3-4,11-12H2. The lowest BCUT2D eigenvalue weighted by molar-refractivity contribution is 0.0781. The van der Waals surface area contributed by atoms with E-state index in [1.165, 1.54) is 0 Å².